The standard InChI is InChI=1S/C24H33N3O3S/c1-16-8-6-7-9-21(16)24(28)25-22-14-18(3)23(15-17(22)2)31(29,30)26-19(4)20-10-12-27(5)13-11-20/h6-9,14-15,19-20,26H,10-13H2,1-5H3,(H,25,28). The summed E-state index contributed by atoms with van der Waals surface area (Å²) in [5.41, 5.74) is 3.42. The summed E-state index contributed by atoms with van der Waals surface area (Å²) in [4.78, 5) is 15.2. The van der Waals surface area contributed by atoms with Crippen LogP contribution in [0.3, 0.4) is 0 Å². The number of amides is 1. The fraction of sp³-hybridized carbons (Fsp3) is 0.458. The topological polar surface area (TPSA) is 78.5 Å². The Morgan fingerprint density at radius 2 is 1.68 bits per heavy atom. The van der Waals surface area contributed by atoms with Gasteiger partial charge in [-0.05, 0) is 101 Å². The molecule has 31 heavy (non-hydrogen) atoms. The van der Waals surface area contributed by atoms with Crippen LogP contribution in [0, 0.1) is 26.7 Å². The minimum absolute atomic E-state index is 0.126. The van der Waals surface area contributed by atoms with Gasteiger partial charge in [-0.3, -0.25) is 4.79 Å². The van der Waals surface area contributed by atoms with Crippen molar-refractivity contribution in [3.63, 3.8) is 0 Å². The van der Waals surface area contributed by atoms with E-state index >= 15 is 0 Å². The number of nitrogens with zero attached hydrogens (tertiary/aromatic N) is 1. The molecule has 2 N–H and O–H groups in total. The van der Waals surface area contributed by atoms with E-state index < -0.39 is 10.0 Å². The molecule has 2 aromatic carbocycles. The van der Waals surface area contributed by atoms with Gasteiger partial charge in [0.25, 0.3) is 5.91 Å². The van der Waals surface area contributed by atoms with Gasteiger partial charge in [0.15, 0.2) is 0 Å². The minimum Gasteiger partial charge on any atom is -0.322 e. The third kappa shape index (κ3) is 5.53. The predicted octanol–water partition coefficient (Wildman–Crippen LogP) is 3.87. The van der Waals surface area contributed by atoms with Crippen molar-refractivity contribution in [2.24, 2.45) is 5.92 Å². The van der Waals surface area contributed by atoms with Gasteiger partial charge in [0.2, 0.25) is 10.0 Å². The van der Waals surface area contributed by atoms with E-state index in [4.69, 9.17) is 0 Å². The van der Waals surface area contributed by atoms with Gasteiger partial charge in [-0.1, -0.05) is 18.2 Å². The Labute approximate surface area is 186 Å². The van der Waals surface area contributed by atoms with Gasteiger partial charge < -0.3 is 10.2 Å². The second kappa shape index (κ2) is 9.51. The largest absolute Gasteiger partial charge is 0.322 e. The summed E-state index contributed by atoms with van der Waals surface area (Å²) in [6.07, 6.45) is 1.98. The zero-order valence-corrected chi connectivity index (χ0v) is 19.8. The SMILES string of the molecule is Cc1cc(S(=O)(=O)NC(C)C2CCN(C)CC2)c(C)cc1NC(=O)c1ccccc1C. The lowest BCUT2D eigenvalue weighted by Crippen LogP contribution is -2.43. The van der Waals surface area contributed by atoms with Crippen LogP contribution in [0.25, 0.3) is 0 Å². The lowest BCUT2D eigenvalue weighted by Gasteiger charge is -2.33. The van der Waals surface area contributed by atoms with Crippen molar-refractivity contribution in [3.05, 3.63) is 58.7 Å². The smallest absolute Gasteiger partial charge is 0.255 e. The summed E-state index contributed by atoms with van der Waals surface area (Å²) in [6, 6.07) is 10.6. The highest BCUT2D eigenvalue weighted by atomic mass is 32.2. The lowest BCUT2D eigenvalue weighted by atomic mass is 9.91. The molecule has 1 fully saturated rings. The quantitative estimate of drug-likeness (QED) is 0.710. The molecule has 7 heteroatoms. The average Bonchev–Trinajstić information content (AvgIpc) is 2.70. The zero-order valence-electron chi connectivity index (χ0n) is 19.0. The molecule has 1 aliphatic heterocycles. The Balaban J connectivity index is 1.77. The average molecular weight is 444 g/mol. The first-order valence-corrected chi connectivity index (χ1v) is 12.3. The van der Waals surface area contributed by atoms with Crippen LogP contribution in [0.4, 0.5) is 5.69 Å². The molecular weight excluding hydrogens is 410 g/mol. The van der Waals surface area contributed by atoms with E-state index in [2.05, 4.69) is 22.0 Å². The van der Waals surface area contributed by atoms with Gasteiger partial charge in [0.05, 0.1) is 4.90 Å². The number of nitrogens with one attached hydrogen (secondary N) is 2. The summed E-state index contributed by atoms with van der Waals surface area (Å²) in [5.74, 6) is 0.130. The second-order valence-corrected chi connectivity index (χ2v) is 10.4. The molecule has 0 radical (unpaired) electrons. The molecule has 2 aromatic rings. The van der Waals surface area contributed by atoms with E-state index in [1.54, 1.807) is 25.1 Å². The van der Waals surface area contributed by atoms with Crippen LogP contribution in [-0.2, 0) is 10.0 Å². The van der Waals surface area contributed by atoms with Crippen molar-refractivity contribution in [1.82, 2.24) is 9.62 Å². The van der Waals surface area contributed by atoms with Gasteiger partial charge in [0.1, 0.15) is 0 Å². The summed E-state index contributed by atoms with van der Waals surface area (Å²) >= 11 is 0. The summed E-state index contributed by atoms with van der Waals surface area (Å²) in [6.45, 7) is 9.39. The molecule has 6 nitrogen and oxygen atoms in total. The monoisotopic (exact) mass is 443 g/mol. The zero-order chi connectivity index (χ0) is 22.8. The first-order valence-electron chi connectivity index (χ1n) is 10.8. The molecule has 3 rings (SSSR count). The highest BCUT2D eigenvalue weighted by Crippen LogP contribution is 2.27. The number of hydrogen-bond acceptors (Lipinski definition) is 4. The minimum atomic E-state index is -3.66. The van der Waals surface area contributed by atoms with Crippen LogP contribution in [0.5, 0.6) is 0 Å². The molecule has 1 unspecified atom stereocenters. The maximum Gasteiger partial charge on any atom is 0.255 e. The molecule has 0 spiro atoms. The Morgan fingerprint density at radius 1 is 1.03 bits per heavy atom. The normalized spacial score (nSPS) is 16.8. The maximum atomic E-state index is 13.1. The molecule has 0 bridgehead atoms. The fourth-order valence-electron chi connectivity index (χ4n) is 4.16. The maximum absolute atomic E-state index is 13.1. The number of carbonyl (C=O) groups is 1. The number of anilines is 1. The highest BCUT2D eigenvalue weighted by molar-refractivity contribution is 7.89. The number of aryl methyl sites for hydroxylation is 3. The second-order valence-electron chi connectivity index (χ2n) is 8.75. The summed E-state index contributed by atoms with van der Waals surface area (Å²) in [7, 11) is -1.56. The molecule has 0 aromatic heterocycles. The van der Waals surface area contributed by atoms with Gasteiger partial charge >= 0.3 is 0 Å². The van der Waals surface area contributed by atoms with E-state index in [0.29, 0.717) is 28.3 Å². The predicted molar refractivity (Wildman–Crippen MR) is 125 cm³/mol. The molecule has 1 atom stereocenters. The molecule has 168 valence electrons. The molecular formula is C24H33N3O3S. The van der Waals surface area contributed by atoms with E-state index in [0.717, 1.165) is 31.5 Å². The van der Waals surface area contributed by atoms with Crippen LogP contribution in [0.2, 0.25) is 0 Å². The van der Waals surface area contributed by atoms with Crippen molar-refractivity contribution < 1.29 is 13.2 Å². The molecule has 0 aliphatic carbocycles. The van der Waals surface area contributed by atoms with Gasteiger partial charge in [-0.15, -0.1) is 0 Å². The van der Waals surface area contributed by atoms with Crippen molar-refractivity contribution in [3.8, 4) is 0 Å². The molecule has 1 amide bonds. The first-order chi connectivity index (χ1) is 14.6. The van der Waals surface area contributed by atoms with E-state index in [1.807, 2.05) is 39.0 Å². The number of likely N-dealkylation sites (tertiary alicyclic amines) is 1. The van der Waals surface area contributed by atoms with E-state index in [-0.39, 0.29) is 16.8 Å². The van der Waals surface area contributed by atoms with Crippen LogP contribution in [-0.4, -0.2) is 45.4 Å². The van der Waals surface area contributed by atoms with E-state index in [1.165, 1.54) is 0 Å². The lowest BCUT2D eigenvalue weighted by molar-refractivity contribution is 0.102. The molecule has 1 aliphatic rings. The number of carbonyl (C=O) groups excluding carboxylic acids is 1. The number of hydrogen-bond donors (Lipinski definition) is 2. The fourth-order valence-corrected chi connectivity index (χ4v) is 5.79. The highest BCUT2D eigenvalue weighted by Gasteiger charge is 2.27. The van der Waals surface area contributed by atoms with Crippen LogP contribution >= 0.6 is 0 Å². The Kier molecular flexibility index (Phi) is 7.19. The van der Waals surface area contributed by atoms with Gasteiger partial charge in [-0.2, -0.15) is 0 Å². The van der Waals surface area contributed by atoms with Gasteiger partial charge in [-0.25, -0.2) is 13.1 Å². The Bertz CT molecular complexity index is 1060. The van der Waals surface area contributed by atoms with Crippen molar-refractivity contribution in [2.45, 2.75) is 51.5 Å². The van der Waals surface area contributed by atoms with Crippen LogP contribution in [0.15, 0.2) is 41.3 Å². The summed E-state index contributed by atoms with van der Waals surface area (Å²) in [5, 5.41) is 2.92. The third-order valence-electron chi connectivity index (χ3n) is 6.26. The number of sulfonamides is 1. The third-order valence-corrected chi connectivity index (χ3v) is 7.96. The Hall–Kier alpha value is -2.22. The van der Waals surface area contributed by atoms with Crippen LogP contribution in [0.1, 0.15) is 46.8 Å². The van der Waals surface area contributed by atoms with Crippen molar-refractivity contribution >= 4 is 21.6 Å². The number of rotatable bonds is 6. The van der Waals surface area contributed by atoms with Crippen molar-refractivity contribution in [2.75, 3.05) is 25.5 Å². The summed E-state index contributed by atoms with van der Waals surface area (Å²) < 4.78 is 29.1. The van der Waals surface area contributed by atoms with Crippen LogP contribution < -0.4 is 10.0 Å². The molecule has 0 saturated carbocycles. The first kappa shape index (κ1) is 23.4. The van der Waals surface area contributed by atoms with Gasteiger partial charge in [0, 0.05) is 17.3 Å². The molecule has 1 saturated heterocycles. The Morgan fingerprint density at radius 3 is 2.32 bits per heavy atom. The molecule has 1 heterocycles. The van der Waals surface area contributed by atoms with Crippen molar-refractivity contribution in [1.29, 1.82) is 0 Å². The van der Waals surface area contributed by atoms with E-state index in [9.17, 15) is 13.2 Å². The number of benzene rings is 2. The number of piperidine rings is 1.